The van der Waals surface area contributed by atoms with Crippen LogP contribution in [0.4, 0.5) is 11.4 Å². The highest BCUT2D eigenvalue weighted by Gasteiger charge is 2.22. The summed E-state index contributed by atoms with van der Waals surface area (Å²) in [5.41, 5.74) is 0.400. The monoisotopic (exact) mass is 395 g/mol. The van der Waals surface area contributed by atoms with Gasteiger partial charge in [-0.1, -0.05) is 12.1 Å². The van der Waals surface area contributed by atoms with Crippen LogP contribution >= 0.6 is 0 Å². The average molecular weight is 395 g/mol. The largest absolute Gasteiger partial charge is 0.454 e. The minimum absolute atomic E-state index is 0.0499. The summed E-state index contributed by atoms with van der Waals surface area (Å²) in [4.78, 5) is 34.3. The van der Waals surface area contributed by atoms with Gasteiger partial charge in [-0.25, -0.2) is 4.79 Å². The number of ether oxygens (including phenoxy) is 3. The van der Waals surface area contributed by atoms with Gasteiger partial charge in [-0.05, 0) is 24.3 Å². The molecule has 0 radical (unpaired) electrons. The Bertz CT molecular complexity index is 1060. The molecule has 0 bridgehead atoms. The maximum atomic E-state index is 11.9. The molecular weight excluding hydrogens is 382 g/mol. The van der Waals surface area contributed by atoms with Crippen molar-refractivity contribution in [1.82, 2.24) is 0 Å². The number of nitro benzene ring substituents is 1. The van der Waals surface area contributed by atoms with E-state index in [0.717, 1.165) is 6.08 Å². The molecule has 3 rings (SSSR count). The number of amides is 1. The molecule has 0 atom stereocenters. The van der Waals surface area contributed by atoms with Crippen LogP contribution in [-0.4, -0.2) is 30.2 Å². The molecule has 2 aromatic carbocycles. The van der Waals surface area contributed by atoms with E-state index in [1.54, 1.807) is 12.1 Å². The molecule has 1 amide bonds. The summed E-state index contributed by atoms with van der Waals surface area (Å²) in [6.45, 7) is -0.641. The van der Waals surface area contributed by atoms with Crippen LogP contribution < -0.4 is 14.8 Å². The van der Waals surface area contributed by atoms with E-state index in [0.29, 0.717) is 11.4 Å². The summed E-state index contributed by atoms with van der Waals surface area (Å²) in [5, 5.41) is 22.6. The molecule has 0 fully saturated rings. The van der Waals surface area contributed by atoms with Crippen LogP contribution in [0.5, 0.6) is 11.5 Å². The van der Waals surface area contributed by atoms with Crippen molar-refractivity contribution in [2.45, 2.75) is 0 Å². The normalized spacial score (nSPS) is 11.7. The molecule has 0 spiro atoms. The van der Waals surface area contributed by atoms with Gasteiger partial charge in [0.25, 0.3) is 11.6 Å². The summed E-state index contributed by atoms with van der Waals surface area (Å²) < 4.78 is 15.1. The highest BCUT2D eigenvalue weighted by Crippen LogP contribution is 2.38. The first kappa shape index (κ1) is 19.4. The summed E-state index contributed by atoms with van der Waals surface area (Å²) in [6, 6.07) is 10.9. The fourth-order valence-electron chi connectivity index (χ4n) is 2.46. The minimum atomic E-state index is -0.874. The van der Waals surface area contributed by atoms with E-state index in [9.17, 15) is 19.7 Å². The zero-order chi connectivity index (χ0) is 20.8. The van der Waals surface area contributed by atoms with Gasteiger partial charge in [-0.3, -0.25) is 14.9 Å². The number of benzene rings is 2. The maximum absolute atomic E-state index is 11.9. The number of rotatable bonds is 6. The topological polar surface area (TPSA) is 141 Å². The number of carbonyl (C=O) groups is 2. The van der Waals surface area contributed by atoms with Gasteiger partial charge < -0.3 is 19.5 Å². The number of nitrogens with one attached hydrogen (secondary N) is 1. The van der Waals surface area contributed by atoms with Crippen LogP contribution in [0.25, 0.3) is 6.08 Å². The molecular formula is C19H13N3O7. The predicted molar refractivity (Wildman–Crippen MR) is 99.0 cm³/mol. The first-order valence-corrected chi connectivity index (χ1v) is 8.20. The molecule has 1 aliphatic rings. The van der Waals surface area contributed by atoms with Crippen molar-refractivity contribution in [3.05, 3.63) is 63.7 Å². The Morgan fingerprint density at radius 1 is 1.28 bits per heavy atom. The van der Waals surface area contributed by atoms with Gasteiger partial charge in [-0.15, -0.1) is 0 Å². The molecule has 10 heteroatoms. The van der Waals surface area contributed by atoms with Crippen molar-refractivity contribution in [2.24, 2.45) is 0 Å². The second kappa shape index (κ2) is 8.53. The fourth-order valence-corrected chi connectivity index (χ4v) is 2.46. The molecule has 0 aliphatic carbocycles. The van der Waals surface area contributed by atoms with Gasteiger partial charge in [-0.2, -0.15) is 5.26 Å². The highest BCUT2D eigenvalue weighted by atomic mass is 16.7. The lowest BCUT2D eigenvalue weighted by Crippen LogP contribution is -2.20. The molecule has 0 aromatic heterocycles. The molecule has 0 saturated carbocycles. The second-order valence-corrected chi connectivity index (χ2v) is 5.67. The molecule has 1 aliphatic heterocycles. The van der Waals surface area contributed by atoms with Gasteiger partial charge in [0.2, 0.25) is 6.79 Å². The molecule has 0 unspecified atom stereocenters. The maximum Gasteiger partial charge on any atom is 0.331 e. The number of fused-ring (bicyclic) bond motifs is 1. The lowest BCUT2D eigenvalue weighted by atomic mass is 10.1. The van der Waals surface area contributed by atoms with E-state index in [4.69, 9.17) is 19.5 Å². The summed E-state index contributed by atoms with van der Waals surface area (Å²) in [6.07, 6.45) is 2.15. The van der Waals surface area contributed by atoms with Gasteiger partial charge >= 0.3 is 5.97 Å². The van der Waals surface area contributed by atoms with Gasteiger partial charge in [0.15, 0.2) is 18.1 Å². The van der Waals surface area contributed by atoms with E-state index in [-0.39, 0.29) is 29.4 Å². The lowest BCUT2D eigenvalue weighted by molar-refractivity contribution is -0.385. The van der Waals surface area contributed by atoms with Crippen LogP contribution in [0, 0.1) is 21.4 Å². The molecule has 146 valence electrons. The van der Waals surface area contributed by atoms with E-state index in [1.807, 2.05) is 6.07 Å². The third-order valence-electron chi connectivity index (χ3n) is 3.78. The Labute approximate surface area is 164 Å². The standard InChI is InChI=1S/C19H13N3O7/c20-9-13-3-1-2-4-14(13)21-18(23)10-27-19(24)6-5-12-7-16-17(29-11-28-16)8-15(12)22(25)26/h1-8H,10-11H2,(H,21,23)/b6-5+. The third kappa shape index (κ3) is 4.67. The first-order valence-electron chi connectivity index (χ1n) is 8.20. The highest BCUT2D eigenvalue weighted by molar-refractivity contribution is 5.95. The molecule has 0 saturated heterocycles. The van der Waals surface area contributed by atoms with E-state index < -0.39 is 23.4 Å². The Balaban J connectivity index is 1.61. The van der Waals surface area contributed by atoms with Gasteiger partial charge in [0, 0.05) is 6.08 Å². The zero-order valence-electron chi connectivity index (χ0n) is 14.8. The van der Waals surface area contributed by atoms with Crippen molar-refractivity contribution in [3.8, 4) is 17.6 Å². The lowest BCUT2D eigenvalue weighted by Gasteiger charge is -2.06. The van der Waals surface area contributed by atoms with Crippen LogP contribution in [0.2, 0.25) is 0 Å². The summed E-state index contributed by atoms with van der Waals surface area (Å²) in [5.74, 6) is -0.950. The number of carbonyl (C=O) groups excluding carboxylic acids is 2. The van der Waals surface area contributed by atoms with Crippen molar-refractivity contribution in [1.29, 1.82) is 5.26 Å². The number of hydrogen-bond donors (Lipinski definition) is 1. The van der Waals surface area contributed by atoms with Crippen LogP contribution in [0.1, 0.15) is 11.1 Å². The Morgan fingerprint density at radius 3 is 2.72 bits per heavy atom. The number of anilines is 1. The molecule has 1 heterocycles. The Hall–Kier alpha value is -4.39. The number of para-hydroxylation sites is 1. The summed E-state index contributed by atoms with van der Waals surface area (Å²) >= 11 is 0. The van der Waals surface area contributed by atoms with Crippen LogP contribution in [0.3, 0.4) is 0 Å². The SMILES string of the molecule is N#Cc1ccccc1NC(=O)COC(=O)/C=C/c1cc2c(cc1[N+](=O)[O-])OCO2. The number of esters is 1. The van der Waals surface area contributed by atoms with Gasteiger partial charge in [0.05, 0.1) is 27.8 Å². The number of nitro groups is 1. The zero-order valence-corrected chi connectivity index (χ0v) is 14.8. The predicted octanol–water partition coefficient (Wildman–Crippen LogP) is 2.39. The van der Waals surface area contributed by atoms with E-state index in [2.05, 4.69) is 5.32 Å². The minimum Gasteiger partial charge on any atom is -0.454 e. The fraction of sp³-hybridized carbons (Fsp3) is 0.105. The molecule has 10 nitrogen and oxygen atoms in total. The quantitative estimate of drug-likeness (QED) is 0.340. The van der Waals surface area contributed by atoms with Crippen molar-refractivity contribution >= 4 is 29.3 Å². The average Bonchev–Trinajstić information content (AvgIpc) is 3.17. The van der Waals surface area contributed by atoms with Crippen molar-refractivity contribution in [2.75, 3.05) is 18.7 Å². The van der Waals surface area contributed by atoms with Crippen LogP contribution in [-0.2, 0) is 14.3 Å². The number of nitrogens with zero attached hydrogens (tertiary/aromatic N) is 2. The number of nitriles is 1. The van der Waals surface area contributed by atoms with E-state index in [1.165, 1.54) is 30.3 Å². The summed E-state index contributed by atoms with van der Waals surface area (Å²) in [7, 11) is 0. The smallest absolute Gasteiger partial charge is 0.331 e. The third-order valence-corrected chi connectivity index (χ3v) is 3.78. The first-order chi connectivity index (χ1) is 14.0. The van der Waals surface area contributed by atoms with Crippen LogP contribution in [0.15, 0.2) is 42.5 Å². The Morgan fingerprint density at radius 2 is 2.00 bits per heavy atom. The van der Waals surface area contributed by atoms with Crippen molar-refractivity contribution in [3.63, 3.8) is 0 Å². The van der Waals surface area contributed by atoms with Gasteiger partial charge in [0.1, 0.15) is 6.07 Å². The second-order valence-electron chi connectivity index (χ2n) is 5.67. The Kier molecular flexibility index (Phi) is 5.70. The molecule has 2 aromatic rings. The molecule has 29 heavy (non-hydrogen) atoms. The number of hydrogen-bond acceptors (Lipinski definition) is 8. The van der Waals surface area contributed by atoms with Crippen molar-refractivity contribution < 1.29 is 28.7 Å². The van der Waals surface area contributed by atoms with E-state index >= 15 is 0 Å². The molecule has 1 N–H and O–H groups in total.